The molecular formula is C32H30F4N6O4. The number of nitrogens with one attached hydrogen (secondary N) is 3. The van der Waals surface area contributed by atoms with Crippen LogP contribution in [0.3, 0.4) is 0 Å². The number of hydrogen-bond acceptors (Lipinski definition) is 5. The van der Waals surface area contributed by atoms with E-state index in [0.717, 1.165) is 30.0 Å². The van der Waals surface area contributed by atoms with E-state index in [4.69, 9.17) is 5.11 Å². The van der Waals surface area contributed by atoms with Crippen molar-refractivity contribution in [2.75, 3.05) is 5.32 Å². The predicted octanol–water partition coefficient (Wildman–Crippen LogP) is 6.02. The molecule has 1 unspecified atom stereocenters. The average molecular weight is 639 g/mol. The van der Waals surface area contributed by atoms with Crippen molar-refractivity contribution in [3.63, 3.8) is 0 Å². The second-order valence-electron chi connectivity index (χ2n) is 11.1. The summed E-state index contributed by atoms with van der Waals surface area (Å²) in [6, 6.07) is 13.8. The number of carbonyl (C=O) groups is 3. The Morgan fingerprint density at radius 3 is 2.46 bits per heavy atom. The molecule has 0 saturated heterocycles. The number of nitrogens with zero attached hydrogens (tertiary/aromatic N) is 3. The summed E-state index contributed by atoms with van der Waals surface area (Å²) in [5, 5.41) is 20.1. The second kappa shape index (κ2) is 13.0. The molecule has 0 spiro atoms. The van der Waals surface area contributed by atoms with Gasteiger partial charge in [0.05, 0.1) is 16.9 Å². The Hall–Kier alpha value is -5.27. The Morgan fingerprint density at radius 1 is 1.02 bits per heavy atom. The zero-order chi connectivity index (χ0) is 33.1. The molecular weight excluding hydrogens is 608 g/mol. The maximum atomic E-state index is 15.3. The van der Waals surface area contributed by atoms with Gasteiger partial charge in [-0.15, -0.1) is 0 Å². The molecule has 2 aromatic heterocycles. The molecule has 5 rings (SSSR count). The summed E-state index contributed by atoms with van der Waals surface area (Å²) in [4.78, 5) is 41.2. The van der Waals surface area contributed by atoms with Crippen molar-refractivity contribution in [2.24, 2.45) is 5.92 Å². The lowest BCUT2D eigenvalue weighted by Gasteiger charge is -2.36. The Labute approximate surface area is 260 Å². The van der Waals surface area contributed by atoms with Crippen LogP contribution in [-0.2, 0) is 23.1 Å². The van der Waals surface area contributed by atoms with Crippen LogP contribution in [0, 0.1) is 11.7 Å². The molecule has 46 heavy (non-hydrogen) atoms. The van der Waals surface area contributed by atoms with Gasteiger partial charge in [0.1, 0.15) is 11.5 Å². The van der Waals surface area contributed by atoms with Crippen LogP contribution in [0.25, 0.3) is 5.69 Å². The smallest absolute Gasteiger partial charge is 0.435 e. The molecule has 14 heteroatoms. The number of hydrogen-bond donors (Lipinski definition) is 4. The molecule has 1 aliphatic carbocycles. The van der Waals surface area contributed by atoms with Crippen LogP contribution in [0.1, 0.15) is 65.5 Å². The van der Waals surface area contributed by atoms with Crippen molar-refractivity contribution >= 4 is 23.6 Å². The minimum atomic E-state index is -4.91. The predicted molar refractivity (Wildman–Crippen MR) is 159 cm³/mol. The van der Waals surface area contributed by atoms with Crippen molar-refractivity contribution in [1.29, 1.82) is 0 Å². The molecule has 0 radical (unpaired) electrons. The molecule has 240 valence electrons. The van der Waals surface area contributed by atoms with Crippen LogP contribution in [0.15, 0.2) is 73.1 Å². The largest absolute Gasteiger partial charge is 0.465 e. The fourth-order valence-electron chi connectivity index (χ4n) is 5.33. The Balaban J connectivity index is 1.54. The van der Waals surface area contributed by atoms with Gasteiger partial charge >= 0.3 is 12.3 Å². The molecule has 10 nitrogen and oxygen atoms in total. The number of pyridine rings is 1. The van der Waals surface area contributed by atoms with Crippen molar-refractivity contribution < 1.29 is 37.1 Å². The molecule has 1 fully saturated rings. The number of anilines is 1. The van der Waals surface area contributed by atoms with Gasteiger partial charge in [-0.2, -0.15) is 18.3 Å². The van der Waals surface area contributed by atoms with Crippen molar-refractivity contribution in [2.45, 2.75) is 50.9 Å². The fourth-order valence-corrected chi connectivity index (χ4v) is 5.33. The summed E-state index contributed by atoms with van der Waals surface area (Å²) >= 11 is 0. The zero-order valence-electron chi connectivity index (χ0n) is 24.6. The van der Waals surface area contributed by atoms with Gasteiger partial charge in [0, 0.05) is 37.5 Å². The Bertz CT molecular complexity index is 1760. The molecule has 4 N–H and O–H groups in total. The summed E-state index contributed by atoms with van der Waals surface area (Å²) in [5.74, 6) is -1.81. The van der Waals surface area contributed by atoms with Gasteiger partial charge in [0.15, 0.2) is 5.69 Å². The third-order valence-electron chi connectivity index (χ3n) is 7.71. The Kier molecular flexibility index (Phi) is 9.08. The lowest BCUT2D eigenvalue weighted by molar-refractivity contribution is -0.141. The van der Waals surface area contributed by atoms with Gasteiger partial charge in [0.25, 0.3) is 5.91 Å². The molecule has 1 atom stereocenters. The first-order chi connectivity index (χ1) is 21.9. The SMILES string of the molecule is CC(=O)NC(CCC1CC1)(c1cccnc1)c1ccc(F)c(NC(=O)c2cc(C(F)(F)F)nn2-c2cccc(CNC(=O)O)c2)c1. The van der Waals surface area contributed by atoms with E-state index >= 15 is 4.39 Å². The number of carboxylic acid groups (broad SMARTS) is 1. The third-order valence-corrected chi connectivity index (χ3v) is 7.71. The monoisotopic (exact) mass is 638 g/mol. The van der Waals surface area contributed by atoms with Crippen LogP contribution in [0.5, 0.6) is 0 Å². The number of aromatic nitrogens is 3. The van der Waals surface area contributed by atoms with Crippen LogP contribution < -0.4 is 16.0 Å². The van der Waals surface area contributed by atoms with Crippen LogP contribution >= 0.6 is 0 Å². The maximum Gasteiger partial charge on any atom is 0.435 e. The highest BCUT2D eigenvalue weighted by Crippen LogP contribution is 2.42. The minimum Gasteiger partial charge on any atom is -0.465 e. The van der Waals surface area contributed by atoms with Gasteiger partial charge in [-0.05, 0) is 60.2 Å². The van der Waals surface area contributed by atoms with Gasteiger partial charge in [-0.3, -0.25) is 14.6 Å². The lowest BCUT2D eigenvalue weighted by Crippen LogP contribution is -2.46. The Morgan fingerprint density at radius 2 is 1.80 bits per heavy atom. The molecule has 0 aliphatic heterocycles. The van der Waals surface area contributed by atoms with Crippen LogP contribution in [-0.4, -0.2) is 37.8 Å². The molecule has 0 bridgehead atoms. The van der Waals surface area contributed by atoms with Gasteiger partial charge < -0.3 is 21.1 Å². The highest BCUT2D eigenvalue weighted by Gasteiger charge is 2.39. The first-order valence-corrected chi connectivity index (χ1v) is 14.4. The zero-order valence-corrected chi connectivity index (χ0v) is 24.6. The number of benzene rings is 2. The van der Waals surface area contributed by atoms with Crippen molar-refractivity contribution in [3.8, 4) is 5.69 Å². The highest BCUT2D eigenvalue weighted by molar-refractivity contribution is 6.03. The minimum absolute atomic E-state index is 0.0425. The summed E-state index contributed by atoms with van der Waals surface area (Å²) in [5.41, 5.74) is -1.85. The quantitative estimate of drug-likeness (QED) is 0.148. The van der Waals surface area contributed by atoms with Crippen LogP contribution in [0.2, 0.25) is 0 Å². The fraction of sp³-hybridized carbons (Fsp3) is 0.281. The molecule has 2 aromatic carbocycles. The van der Waals surface area contributed by atoms with E-state index in [0.29, 0.717) is 35.1 Å². The molecule has 1 saturated carbocycles. The van der Waals surface area contributed by atoms with Crippen LogP contribution in [0.4, 0.5) is 28.0 Å². The van der Waals surface area contributed by atoms with Crippen molar-refractivity contribution in [3.05, 3.63) is 107 Å². The second-order valence-corrected chi connectivity index (χ2v) is 11.1. The number of carbonyl (C=O) groups excluding carboxylic acids is 2. The van der Waals surface area contributed by atoms with E-state index in [9.17, 15) is 27.6 Å². The number of alkyl halides is 3. The summed E-state index contributed by atoms with van der Waals surface area (Å²) in [7, 11) is 0. The number of rotatable bonds is 11. The lowest BCUT2D eigenvalue weighted by atomic mass is 9.79. The van der Waals surface area contributed by atoms with Gasteiger partial charge in [-0.25, -0.2) is 13.9 Å². The van der Waals surface area contributed by atoms with Gasteiger partial charge in [0.2, 0.25) is 5.91 Å². The molecule has 4 aromatic rings. The van der Waals surface area contributed by atoms with E-state index < -0.39 is 40.9 Å². The van der Waals surface area contributed by atoms with Crippen molar-refractivity contribution in [1.82, 2.24) is 25.4 Å². The highest BCUT2D eigenvalue weighted by atomic mass is 19.4. The van der Waals surface area contributed by atoms with E-state index in [-0.39, 0.29) is 23.8 Å². The average Bonchev–Trinajstić information content (AvgIpc) is 3.73. The first-order valence-electron chi connectivity index (χ1n) is 14.4. The van der Waals surface area contributed by atoms with E-state index in [2.05, 4.69) is 26.0 Å². The van der Waals surface area contributed by atoms with E-state index in [1.807, 2.05) is 0 Å². The maximum absolute atomic E-state index is 15.3. The topological polar surface area (TPSA) is 138 Å². The summed E-state index contributed by atoms with van der Waals surface area (Å²) < 4.78 is 57.3. The molecule has 3 amide bonds. The standard InChI is InChI=1S/C32H30F4N6O4/c1-19(43)40-31(12-11-20-7-8-20,23-5-3-13-37-18-23)22-9-10-25(33)26(15-22)39-29(44)27-16-28(32(34,35)36)41-42(27)24-6-2-4-21(14-24)17-38-30(45)46/h2-6,9-10,13-16,18,20,38H,7-8,11-12,17H2,1H3,(H,39,44)(H,40,43)(H,45,46). The normalized spacial score (nSPS) is 14.3. The summed E-state index contributed by atoms with van der Waals surface area (Å²) in [6.07, 6.45) is 0.299. The molecule has 2 heterocycles. The number of halogens is 4. The molecule has 1 aliphatic rings. The summed E-state index contributed by atoms with van der Waals surface area (Å²) in [6.45, 7) is 1.21. The third kappa shape index (κ3) is 7.33. The van der Waals surface area contributed by atoms with E-state index in [1.54, 1.807) is 30.6 Å². The van der Waals surface area contributed by atoms with E-state index in [1.165, 1.54) is 37.3 Å². The number of amides is 3. The van der Waals surface area contributed by atoms with Gasteiger partial charge in [-0.1, -0.05) is 37.1 Å². The first kappa shape index (κ1) is 32.1.